The molecule has 0 spiro atoms. The zero-order valence-electron chi connectivity index (χ0n) is 6.23. The first-order chi connectivity index (χ1) is 5.41. The van der Waals surface area contributed by atoms with Crippen molar-refractivity contribution in [1.29, 1.82) is 0 Å². The molecule has 0 saturated heterocycles. The molecule has 2 N–H and O–H groups in total. The largest absolute Gasteiger partial charge is 0.418 e. The molecule has 0 heterocycles. The van der Waals surface area contributed by atoms with E-state index >= 15 is 0 Å². The zero-order chi connectivity index (χ0) is 9.35. The van der Waals surface area contributed by atoms with Crippen LogP contribution in [0.2, 0.25) is 0 Å². The van der Waals surface area contributed by atoms with Gasteiger partial charge in [-0.1, -0.05) is 15.9 Å². The van der Waals surface area contributed by atoms with Gasteiger partial charge in [-0.15, -0.1) is 12.4 Å². The fraction of sp³-hybridized carbons (Fsp3) is 0.143. The molecule has 0 aromatic heterocycles. The molecule has 6 heteroatoms. The van der Waals surface area contributed by atoms with Crippen LogP contribution in [0.5, 0.6) is 0 Å². The molecule has 1 aromatic carbocycles. The first-order valence-electron chi connectivity index (χ1n) is 3.03. The second-order valence-corrected chi connectivity index (χ2v) is 3.15. The Morgan fingerprint density at radius 1 is 1.23 bits per heavy atom. The Bertz CT molecular complexity index is 300. The minimum absolute atomic E-state index is 0. The first-order valence-corrected chi connectivity index (χ1v) is 3.83. The molecule has 74 valence electrons. The van der Waals surface area contributed by atoms with Gasteiger partial charge in [-0.25, -0.2) is 0 Å². The Morgan fingerprint density at radius 3 is 2.15 bits per heavy atom. The predicted molar refractivity (Wildman–Crippen MR) is 50.8 cm³/mol. The SMILES string of the molecule is Cl.Nc1ccc(Br)cc1C(F)(F)F. The van der Waals surface area contributed by atoms with Gasteiger partial charge in [0.25, 0.3) is 0 Å². The Hall–Kier alpha value is -0.420. The monoisotopic (exact) mass is 275 g/mol. The number of hydrogen-bond acceptors (Lipinski definition) is 1. The smallest absolute Gasteiger partial charge is 0.398 e. The van der Waals surface area contributed by atoms with Crippen molar-refractivity contribution in [2.24, 2.45) is 0 Å². The van der Waals surface area contributed by atoms with Gasteiger partial charge in [-0.05, 0) is 18.2 Å². The minimum Gasteiger partial charge on any atom is -0.398 e. The number of nitrogens with two attached hydrogens (primary N) is 1. The molecule has 0 saturated carbocycles. The molecule has 0 unspecified atom stereocenters. The van der Waals surface area contributed by atoms with Gasteiger partial charge < -0.3 is 5.73 Å². The Labute approximate surface area is 87.7 Å². The quantitative estimate of drug-likeness (QED) is 0.721. The summed E-state index contributed by atoms with van der Waals surface area (Å²) in [6, 6.07) is 3.63. The maximum atomic E-state index is 12.1. The van der Waals surface area contributed by atoms with Crippen LogP contribution >= 0.6 is 28.3 Å². The van der Waals surface area contributed by atoms with Gasteiger partial charge in [0.2, 0.25) is 0 Å². The highest BCUT2D eigenvalue weighted by molar-refractivity contribution is 9.10. The molecule has 0 aliphatic carbocycles. The number of halogens is 5. The van der Waals surface area contributed by atoms with Crippen LogP contribution in [0.15, 0.2) is 22.7 Å². The van der Waals surface area contributed by atoms with Crippen molar-refractivity contribution in [3.05, 3.63) is 28.2 Å². The van der Waals surface area contributed by atoms with Crippen molar-refractivity contribution in [2.75, 3.05) is 5.73 Å². The summed E-state index contributed by atoms with van der Waals surface area (Å²) >= 11 is 2.93. The van der Waals surface area contributed by atoms with Crippen molar-refractivity contribution in [3.63, 3.8) is 0 Å². The molecule has 0 bridgehead atoms. The molecule has 1 nitrogen and oxygen atoms in total. The van der Waals surface area contributed by atoms with Crippen LogP contribution in [0.25, 0.3) is 0 Å². The van der Waals surface area contributed by atoms with Crippen LogP contribution in [-0.2, 0) is 6.18 Å². The lowest BCUT2D eigenvalue weighted by molar-refractivity contribution is -0.136. The van der Waals surface area contributed by atoms with Crippen LogP contribution < -0.4 is 5.73 Å². The van der Waals surface area contributed by atoms with E-state index in [9.17, 15) is 13.2 Å². The predicted octanol–water partition coefficient (Wildman–Crippen LogP) is 3.47. The van der Waals surface area contributed by atoms with Crippen molar-refractivity contribution in [2.45, 2.75) is 6.18 Å². The second-order valence-electron chi connectivity index (χ2n) is 2.23. The summed E-state index contributed by atoms with van der Waals surface area (Å²) in [6.07, 6.45) is -4.38. The topological polar surface area (TPSA) is 26.0 Å². The van der Waals surface area contributed by atoms with Gasteiger partial charge in [0, 0.05) is 10.2 Å². The number of rotatable bonds is 0. The van der Waals surface area contributed by atoms with Crippen LogP contribution in [0.3, 0.4) is 0 Å². The van der Waals surface area contributed by atoms with Crippen molar-refractivity contribution >= 4 is 34.0 Å². The summed E-state index contributed by atoms with van der Waals surface area (Å²) < 4.78 is 36.7. The third-order valence-corrected chi connectivity index (χ3v) is 1.81. The molecular weight excluding hydrogens is 270 g/mol. The number of anilines is 1. The first kappa shape index (κ1) is 12.6. The molecule has 0 radical (unpaired) electrons. The van der Waals surface area contributed by atoms with Crippen LogP contribution in [0.1, 0.15) is 5.56 Å². The average molecular weight is 276 g/mol. The minimum atomic E-state index is -4.38. The number of benzene rings is 1. The highest BCUT2D eigenvalue weighted by Gasteiger charge is 2.32. The van der Waals surface area contributed by atoms with E-state index in [1.807, 2.05) is 0 Å². The molecule has 0 aliphatic rings. The Morgan fingerprint density at radius 2 is 1.77 bits per heavy atom. The van der Waals surface area contributed by atoms with E-state index < -0.39 is 11.7 Å². The van der Waals surface area contributed by atoms with Gasteiger partial charge in [-0.2, -0.15) is 13.2 Å². The van der Waals surface area contributed by atoms with E-state index in [-0.39, 0.29) is 18.1 Å². The Balaban J connectivity index is 0.00000144. The van der Waals surface area contributed by atoms with Crippen LogP contribution in [0, 0.1) is 0 Å². The number of alkyl halides is 3. The molecule has 0 fully saturated rings. The van der Waals surface area contributed by atoms with E-state index in [0.29, 0.717) is 4.47 Å². The standard InChI is InChI=1S/C7H5BrF3N.ClH/c8-4-1-2-6(12)5(3-4)7(9,10)11;/h1-3H,12H2;1H. The van der Waals surface area contributed by atoms with Crippen LogP contribution in [-0.4, -0.2) is 0 Å². The zero-order valence-corrected chi connectivity index (χ0v) is 8.63. The van der Waals surface area contributed by atoms with Gasteiger partial charge >= 0.3 is 6.18 Å². The van der Waals surface area contributed by atoms with Crippen molar-refractivity contribution < 1.29 is 13.2 Å². The fourth-order valence-electron chi connectivity index (χ4n) is 0.774. The van der Waals surface area contributed by atoms with Crippen LogP contribution in [0.4, 0.5) is 18.9 Å². The third-order valence-electron chi connectivity index (χ3n) is 1.32. The van der Waals surface area contributed by atoms with E-state index in [0.717, 1.165) is 6.07 Å². The summed E-state index contributed by atoms with van der Waals surface area (Å²) in [5.41, 5.74) is 4.07. The molecule has 0 aliphatic heterocycles. The molecule has 1 aromatic rings. The lowest BCUT2D eigenvalue weighted by atomic mass is 10.2. The summed E-state index contributed by atoms with van der Waals surface area (Å²) in [6.45, 7) is 0. The van der Waals surface area contributed by atoms with Gasteiger partial charge in [-0.3, -0.25) is 0 Å². The van der Waals surface area contributed by atoms with E-state index in [2.05, 4.69) is 15.9 Å². The highest BCUT2D eigenvalue weighted by Crippen LogP contribution is 2.34. The van der Waals surface area contributed by atoms with Gasteiger partial charge in [0.15, 0.2) is 0 Å². The summed E-state index contributed by atoms with van der Waals surface area (Å²) in [5.74, 6) is 0. The Kier molecular flexibility index (Phi) is 4.06. The number of nitrogen functional groups attached to an aromatic ring is 1. The van der Waals surface area contributed by atoms with E-state index in [1.54, 1.807) is 0 Å². The number of hydrogen-bond donors (Lipinski definition) is 1. The lowest BCUT2D eigenvalue weighted by Crippen LogP contribution is -2.08. The maximum absolute atomic E-state index is 12.1. The van der Waals surface area contributed by atoms with E-state index in [4.69, 9.17) is 5.73 Å². The summed E-state index contributed by atoms with van der Waals surface area (Å²) in [5, 5.41) is 0. The third kappa shape index (κ3) is 3.08. The highest BCUT2D eigenvalue weighted by atomic mass is 79.9. The lowest BCUT2D eigenvalue weighted by Gasteiger charge is -2.09. The second kappa shape index (κ2) is 4.19. The van der Waals surface area contributed by atoms with Crippen molar-refractivity contribution in [1.82, 2.24) is 0 Å². The van der Waals surface area contributed by atoms with Crippen molar-refractivity contribution in [3.8, 4) is 0 Å². The normalized spacial score (nSPS) is 10.8. The molecular formula is C7H6BrClF3N. The molecule has 13 heavy (non-hydrogen) atoms. The molecule has 0 atom stereocenters. The van der Waals surface area contributed by atoms with Gasteiger partial charge in [0.1, 0.15) is 0 Å². The average Bonchev–Trinajstić information content (AvgIpc) is 1.92. The molecule has 1 rings (SSSR count). The maximum Gasteiger partial charge on any atom is 0.418 e. The summed E-state index contributed by atoms with van der Waals surface area (Å²) in [7, 11) is 0. The van der Waals surface area contributed by atoms with Gasteiger partial charge in [0.05, 0.1) is 5.56 Å². The summed E-state index contributed by atoms with van der Waals surface area (Å²) in [4.78, 5) is 0. The van der Waals surface area contributed by atoms with E-state index in [1.165, 1.54) is 12.1 Å². The fourth-order valence-corrected chi connectivity index (χ4v) is 1.14. The molecule has 0 amide bonds.